The van der Waals surface area contributed by atoms with Crippen molar-refractivity contribution in [3.8, 4) is 11.8 Å². The molecule has 3 rings (SSSR count). The van der Waals surface area contributed by atoms with Crippen LogP contribution in [0.3, 0.4) is 0 Å². The van der Waals surface area contributed by atoms with Gasteiger partial charge in [0.25, 0.3) is 0 Å². The first-order valence-electron chi connectivity index (χ1n) is 6.91. The molecule has 3 heteroatoms. The third-order valence-electron chi connectivity index (χ3n) is 4.97. The van der Waals surface area contributed by atoms with Gasteiger partial charge in [-0.05, 0) is 49.1 Å². The van der Waals surface area contributed by atoms with E-state index >= 15 is 0 Å². The monoisotopic (exact) mass is 259 g/mol. The predicted octanol–water partition coefficient (Wildman–Crippen LogP) is 3.71. The third-order valence-corrected chi connectivity index (χ3v) is 4.97. The number of nitriles is 1. The molecule has 2 nitrogen and oxygen atoms in total. The van der Waals surface area contributed by atoms with Crippen LogP contribution < -0.4 is 4.74 Å². The fourth-order valence-corrected chi connectivity index (χ4v) is 4.03. The smallest absolute Gasteiger partial charge is 0.168 e. The largest absolute Gasteiger partial charge is 0.494 e. The summed E-state index contributed by atoms with van der Waals surface area (Å²) in [6.45, 7) is 0. The van der Waals surface area contributed by atoms with Crippen molar-refractivity contribution < 1.29 is 9.13 Å². The van der Waals surface area contributed by atoms with E-state index < -0.39 is 0 Å². The van der Waals surface area contributed by atoms with E-state index in [9.17, 15) is 9.65 Å². The van der Waals surface area contributed by atoms with Crippen molar-refractivity contribution in [2.75, 3.05) is 7.11 Å². The van der Waals surface area contributed by atoms with Gasteiger partial charge in [0.2, 0.25) is 0 Å². The third kappa shape index (κ3) is 1.90. The van der Waals surface area contributed by atoms with Gasteiger partial charge in [-0.2, -0.15) is 5.26 Å². The summed E-state index contributed by atoms with van der Waals surface area (Å²) in [5.41, 5.74) is 0.268. The Kier molecular flexibility index (Phi) is 2.97. The lowest BCUT2D eigenvalue weighted by Gasteiger charge is -2.31. The van der Waals surface area contributed by atoms with Crippen LogP contribution in [0.2, 0.25) is 0 Å². The summed E-state index contributed by atoms with van der Waals surface area (Å²) in [7, 11) is 1.47. The molecule has 2 saturated carbocycles. The molecule has 19 heavy (non-hydrogen) atoms. The lowest BCUT2D eigenvalue weighted by molar-refractivity contribution is 0.236. The molecule has 0 aromatic heterocycles. The van der Waals surface area contributed by atoms with Crippen LogP contribution in [0.15, 0.2) is 18.2 Å². The second-order valence-corrected chi connectivity index (χ2v) is 5.96. The van der Waals surface area contributed by atoms with Gasteiger partial charge in [-0.1, -0.05) is 18.6 Å². The van der Waals surface area contributed by atoms with Crippen molar-refractivity contribution in [3.63, 3.8) is 0 Å². The van der Waals surface area contributed by atoms with Crippen molar-refractivity contribution in [1.82, 2.24) is 0 Å². The summed E-state index contributed by atoms with van der Waals surface area (Å²) in [6, 6.07) is 7.72. The highest BCUT2D eigenvalue weighted by molar-refractivity contribution is 5.33. The number of hydrogen-bond donors (Lipinski definition) is 0. The number of ether oxygens (including phenoxy) is 1. The van der Waals surface area contributed by atoms with E-state index in [0.29, 0.717) is 23.8 Å². The molecule has 1 aromatic rings. The Hall–Kier alpha value is -1.56. The minimum Gasteiger partial charge on any atom is -0.494 e. The molecule has 0 spiro atoms. The maximum atomic E-state index is 14.2. The maximum Gasteiger partial charge on any atom is 0.168 e. The van der Waals surface area contributed by atoms with Gasteiger partial charge in [0.15, 0.2) is 11.6 Å². The van der Waals surface area contributed by atoms with E-state index in [1.54, 1.807) is 18.2 Å². The van der Waals surface area contributed by atoms with Crippen LogP contribution in [0, 0.1) is 34.4 Å². The van der Waals surface area contributed by atoms with Gasteiger partial charge in [0.1, 0.15) is 0 Å². The summed E-state index contributed by atoms with van der Waals surface area (Å²) in [6.07, 6.45) is 4.98. The molecule has 2 fully saturated rings. The highest BCUT2D eigenvalue weighted by Gasteiger charge is 2.51. The van der Waals surface area contributed by atoms with E-state index in [4.69, 9.17) is 4.74 Å². The van der Waals surface area contributed by atoms with E-state index in [1.165, 1.54) is 13.5 Å². The number of nitrogens with zero attached hydrogens (tertiary/aromatic N) is 1. The average Bonchev–Trinajstić information content (AvgIpc) is 3.02. The second-order valence-electron chi connectivity index (χ2n) is 5.96. The SMILES string of the molecule is COc1cccc(CC2(C#N)CC3CCC2C3)c1F. The highest BCUT2D eigenvalue weighted by atomic mass is 19.1. The van der Waals surface area contributed by atoms with Crippen LogP contribution in [0.4, 0.5) is 4.39 Å². The molecule has 3 atom stereocenters. The van der Waals surface area contributed by atoms with Gasteiger partial charge >= 0.3 is 0 Å². The van der Waals surface area contributed by atoms with E-state index in [-0.39, 0.29) is 17.0 Å². The van der Waals surface area contributed by atoms with Crippen LogP contribution in [0.1, 0.15) is 31.2 Å². The van der Waals surface area contributed by atoms with Gasteiger partial charge in [-0.15, -0.1) is 0 Å². The lowest BCUT2D eigenvalue weighted by atomic mass is 9.70. The van der Waals surface area contributed by atoms with Crippen molar-refractivity contribution in [1.29, 1.82) is 5.26 Å². The number of hydrogen-bond acceptors (Lipinski definition) is 2. The zero-order valence-corrected chi connectivity index (χ0v) is 11.2. The molecule has 2 aliphatic carbocycles. The molecule has 0 aliphatic heterocycles. The summed E-state index contributed by atoms with van der Waals surface area (Å²) >= 11 is 0. The minimum absolute atomic E-state index is 0.272. The van der Waals surface area contributed by atoms with Gasteiger partial charge < -0.3 is 4.74 Å². The molecular weight excluding hydrogens is 241 g/mol. The van der Waals surface area contributed by atoms with Crippen LogP contribution in [-0.4, -0.2) is 7.11 Å². The Bertz CT molecular complexity index is 536. The second kappa shape index (κ2) is 4.52. The summed E-state index contributed by atoms with van der Waals surface area (Å²) in [4.78, 5) is 0. The van der Waals surface area contributed by atoms with Crippen molar-refractivity contribution in [3.05, 3.63) is 29.6 Å². The zero-order valence-electron chi connectivity index (χ0n) is 11.2. The normalized spacial score (nSPS) is 32.3. The molecule has 0 heterocycles. The van der Waals surface area contributed by atoms with Gasteiger partial charge in [-0.3, -0.25) is 0 Å². The molecule has 100 valence electrons. The summed E-state index contributed by atoms with van der Waals surface area (Å²) in [5.74, 6) is 1.10. The van der Waals surface area contributed by atoms with Crippen molar-refractivity contribution in [2.24, 2.45) is 17.3 Å². The summed E-state index contributed by atoms with van der Waals surface area (Å²) in [5, 5.41) is 9.61. The molecule has 0 N–H and O–H groups in total. The molecule has 2 aliphatic rings. The summed E-state index contributed by atoms with van der Waals surface area (Å²) < 4.78 is 19.3. The number of fused-ring (bicyclic) bond motifs is 2. The molecule has 2 bridgehead atoms. The molecule has 3 unspecified atom stereocenters. The Morgan fingerprint density at radius 2 is 2.32 bits per heavy atom. The Morgan fingerprint density at radius 1 is 1.47 bits per heavy atom. The minimum atomic E-state index is -0.351. The number of methoxy groups -OCH3 is 1. The fourth-order valence-electron chi connectivity index (χ4n) is 4.03. The number of benzene rings is 1. The topological polar surface area (TPSA) is 33.0 Å². The van der Waals surface area contributed by atoms with Crippen LogP contribution >= 0.6 is 0 Å². The first-order valence-corrected chi connectivity index (χ1v) is 6.91. The standard InChI is InChI=1S/C16H18FNO/c1-19-14-4-2-3-12(15(14)17)9-16(10-18)8-11-5-6-13(16)7-11/h2-4,11,13H,5-9H2,1H3. The molecule has 1 aromatic carbocycles. The Morgan fingerprint density at radius 3 is 2.89 bits per heavy atom. The van der Waals surface area contributed by atoms with Crippen molar-refractivity contribution in [2.45, 2.75) is 32.1 Å². The highest BCUT2D eigenvalue weighted by Crippen LogP contribution is 2.57. The van der Waals surface area contributed by atoms with Gasteiger partial charge in [0, 0.05) is 0 Å². The average molecular weight is 259 g/mol. The van der Waals surface area contributed by atoms with Crippen molar-refractivity contribution >= 4 is 0 Å². The Balaban J connectivity index is 1.91. The molecule has 0 radical (unpaired) electrons. The van der Waals surface area contributed by atoms with E-state index in [1.807, 2.05) is 0 Å². The van der Waals surface area contributed by atoms with E-state index in [0.717, 1.165) is 19.3 Å². The first kappa shape index (κ1) is 12.5. The molecule has 0 amide bonds. The van der Waals surface area contributed by atoms with Gasteiger partial charge in [0.05, 0.1) is 18.6 Å². The fraction of sp³-hybridized carbons (Fsp3) is 0.562. The number of rotatable bonds is 3. The quantitative estimate of drug-likeness (QED) is 0.829. The molecule has 0 saturated heterocycles. The molecular formula is C16H18FNO. The van der Waals surface area contributed by atoms with Crippen LogP contribution in [0.25, 0.3) is 0 Å². The van der Waals surface area contributed by atoms with Crippen LogP contribution in [0.5, 0.6) is 5.75 Å². The Labute approximate surface area is 113 Å². The van der Waals surface area contributed by atoms with Crippen LogP contribution in [-0.2, 0) is 6.42 Å². The predicted molar refractivity (Wildman–Crippen MR) is 70.2 cm³/mol. The first-order chi connectivity index (χ1) is 9.18. The van der Waals surface area contributed by atoms with E-state index in [2.05, 4.69) is 6.07 Å². The maximum absolute atomic E-state index is 14.2. The number of halogens is 1. The zero-order chi connectivity index (χ0) is 13.5. The van der Waals surface area contributed by atoms with Gasteiger partial charge in [-0.25, -0.2) is 4.39 Å². The lowest BCUT2D eigenvalue weighted by Crippen LogP contribution is -2.29.